The largest absolute Gasteiger partial charge is 0.493 e. The SMILES string of the molecule is Cc1ccc(OCCC(=O)NC(CC(=O)O)C(=O)O)cc1. The summed E-state index contributed by atoms with van der Waals surface area (Å²) in [5, 5.41) is 19.5. The van der Waals surface area contributed by atoms with Gasteiger partial charge in [-0.15, -0.1) is 0 Å². The molecule has 1 atom stereocenters. The number of ether oxygens (including phenoxy) is 1. The zero-order valence-electron chi connectivity index (χ0n) is 11.5. The van der Waals surface area contributed by atoms with Crippen LogP contribution >= 0.6 is 0 Å². The third kappa shape index (κ3) is 6.42. The lowest BCUT2D eigenvalue weighted by Crippen LogP contribution is -2.42. The van der Waals surface area contributed by atoms with Gasteiger partial charge in [0, 0.05) is 0 Å². The van der Waals surface area contributed by atoms with Crippen molar-refractivity contribution in [2.24, 2.45) is 0 Å². The topological polar surface area (TPSA) is 113 Å². The van der Waals surface area contributed by atoms with Gasteiger partial charge in [-0.25, -0.2) is 4.79 Å². The van der Waals surface area contributed by atoms with E-state index in [1.165, 1.54) is 0 Å². The molecule has 0 bridgehead atoms. The fourth-order valence-electron chi connectivity index (χ4n) is 1.54. The fourth-order valence-corrected chi connectivity index (χ4v) is 1.54. The molecule has 0 spiro atoms. The van der Waals surface area contributed by atoms with Crippen LogP contribution < -0.4 is 10.1 Å². The number of hydrogen-bond acceptors (Lipinski definition) is 4. The number of aryl methyl sites for hydroxylation is 1. The molecular formula is C14H17NO6. The van der Waals surface area contributed by atoms with E-state index in [4.69, 9.17) is 14.9 Å². The van der Waals surface area contributed by atoms with Crippen molar-refractivity contribution in [2.45, 2.75) is 25.8 Å². The first-order valence-corrected chi connectivity index (χ1v) is 6.32. The Morgan fingerprint density at radius 1 is 1.19 bits per heavy atom. The number of hydrogen-bond donors (Lipinski definition) is 3. The van der Waals surface area contributed by atoms with Crippen molar-refractivity contribution in [1.29, 1.82) is 0 Å². The van der Waals surface area contributed by atoms with Gasteiger partial charge < -0.3 is 20.3 Å². The molecule has 0 saturated carbocycles. The highest BCUT2D eigenvalue weighted by molar-refractivity contribution is 5.86. The third-order valence-electron chi connectivity index (χ3n) is 2.63. The minimum atomic E-state index is -1.44. The lowest BCUT2D eigenvalue weighted by atomic mass is 10.2. The van der Waals surface area contributed by atoms with Crippen molar-refractivity contribution in [3.05, 3.63) is 29.8 Å². The Morgan fingerprint density at radius 3 is 2.33 bits per heavy atom. The summed E-state index contributed by atoms with van der Waals surface area (Å²) in [4.78, 5) is 32.8. The number of carboxylic acids is 2. The molecule has 1 amide bonds. The fraction of sp³-hybridized carbons (Fsp3) is 0.357. The minimum Gasteiger partial charge on any atom is -0.493 e. The third-order valence-corrected chi connectivity index (χ3v) is 2.63. The summed E-state index contributed by atoms with van der Waals surface area (Å²) in [5.74, 6) is -2.65. The summed E-state index contributed by atoms with van der Waals surface area (Å²) in [6.45, 7) is 2.01. The Hall–Kier alpha value is -2.57. The molecule has 0 aliphatic heterocycles. The quantitative estimate of drug-likeness (QED) is 0.654. The molecule has 0 saturated heterocycles. The summed E-state index contributed by atoms with van der Waals surface area (Å²) < 4.78 is 5.33. The Morgan fingerprint density at radius 2 is 1.81 bits per heavy atom. The standard InChI is InChI=1S/C14H17NO6/c1-9-2-4-10(5-3-9)21-7-6-12(16)15-11(14(19)20)8-13(17)18/h2-5,11H,6-8H2,1H3,(H,15,16)(H,17,18)(H,19,20). The molecular weight excluding hydrogens is 278 g/mol. The highest BCUT2D eigenvalue weighted by Gasteiger charge is 2.22. The highest BCUT2D eigenvalue weighted by Crippen LogP contribution is 2.11. The minimum absolute atomic E-state index is 0.0583. The van der Waals surface area contributed by atoms with Gasteiger partial charge in [-0.2, -0.15) is 0 Å². The molecule has 0 heterocycles. The molecule has 0 fully saturated rings. The summed E-state index contributed by atoms with van der Waals surface area (Å²) in [5.41, 5.74) is 1.08. The predicted octanol–water partition coefficient (Wildman–Crippen LogP) is 0.808. The van der Waals surface area contributed by atoms with Crippen LogP contribution in [0.3, 0.4) is 0 Å². The zero-order chi connectivity index (χ0) is 15.8. The van der Waals surface area contributed by atoms with Crippen LogP contribution in [0.5, 0.6) is 5.75 Å². The summed E-state index contributed by atoms with van der Waals surface area (Å²) in [6.07, 6.45) is -0.725. The summed E-state index contributed by atoms with van der Waals surface area (Å²) in [6, 6.07) is 5.82. The lowest BCUT2D eigenvalue weighted by molar-refractivity contribution is -0.147. The molecule has 0 aromatic heterocycles. The molecule has 0 aliphatic carbocycles. The van der Waals surface area contributed by atoms with E-state index in [1.807, 2.05) is 19.1 Å². The number of rotatable bonds is 8. The summed E-state index contributed by atoms with van der Waals surface area (Å²) in [7, 11) is 0. The van der Waals surface area contributed by atoms with Crippen LogP contribution in [0.25, 0.3) is 0 Å². The molecule has 7 heteroatoms. The zero-order valence-corrected chi connectivity index (χ0v) is 11.5. The molecule has 114 valence electrons. The van der Waals surface area contributed by atoms with Crippen LogP contribution in [0.15, 0.2) is 24.3 Å². The van der Waals surface area contributed by atoms with Crippen LogP contribution in [0.1, 0.15) is 18.4 Å². The smallest absolute Gasteiger partial charge is 0.326 e. The average Bonchev–Trinajstić information content (AvgIpc) is 2.39. The number of benzene rings is 1. The maximum atomic E-state index is 11.5. The lowest BCUT2D eigenvalue weighted by Gasteiger charge is -2.12. The maximum Gasteiger partial charge on any atom is 0.326 e. The molecule has 1 aromatic rings. The van der Waals surface area contributed by atoms with Crippen molar-refractivity contribution >= 4 is 17.8 Å². The molecule has 1 rings (SSSR count). The van der Waals surface area contributed by atoms with E-state index in [-0.39, 0.29) is 13.0 Å². The van der Waals surface area contributed by atoms with E-state index in [2.05, 4.69) is 5.32 Å². The number of carbonyl (C=O) groups excluding carboxylic acids is 1. The van der Waals surface area contributed by atoms with Gasteiger partial charge in [0.2, 0.25) is 5.91 Å². The monoisotopic (exact) mass is 295 g/mol. The number of nitrogens with one attached hydrogen (secondary N) is 1. The van der Waals surface area contributed by atoms with Gasteiger partial charge in [0.05, 0.1) is 19.4 Å². The number of aliphatic carboxylic acids is 2. The van der Waals surface area contributed by atoms with Crippen molar-refractivity contribution < 1.29 is 29.3 Å². The summed E-state index contributed by atoms with van der Waals surface area (Å²) >= 11 is 0. The number of carbonyl (C=O) groups is 3. The highest BCUT2D eigenvalue weighted by atomic mass is 16.5. The van der Waals surface area contributed by atoms with Gasteiger partial charge in [0.15, 0.2) is 0 Å². The number of carboxylic acid groups (broad SMARTS) is 2. The molecule has 1 aromatic carbocycles. The van der Waals surface area contributed by atoms with Crippen molar-refractivity contribution in [2.75, 3.05) is 6.61 Å². The second kappa shape index (κ2) is 7.88. The van der Waals surface area contributed by atoms with Crippen LogP contribution in [0, 0.1) is 6.92 Å². The second-order valence-corrected chi connectivity index (χ2v) is 4.47. The van der Waals surface area contributed by atoms with Gasteiger partial charge in [0.1, 0.15) is 11.8 Å². The second-order valence-electron chi connectivity index (χ2n) is 4.47. The van der Waals surface area contributed by atoms with Crippen LogP contribution in [-0.2, 0) is 14.4 Å². The van der Waals surface area contributed by atoms with Crippen LogP contribution in [0.4, 0.5) is 0 Å². The van der Waals surface area contributed by atoms with E-state index in [0.717, 1.165) is 5.56 Å². The molecule has 0 aliphatic rings. The van der Waals surface area contributed by atoms with Crippen molar-refractivity contribution in [1.82, 2.24) is 5.32 Å². The first-order valence-electron chi connectivity index (χ1n) is 6.32. The van der Waals surface area contributed by atoms with Crippen LogP contribution in [-0.4, -0.2) is 40.7 Å². The van der Waals surface area contributed by atoms with E-state index < -0.39 is 30.3 Å². The first kappa shape index (κ1) is 16.5. The Balaban J connectivity index is 2.37. The van der Waals surface area contributed by atoms with Crippen molar-refractivity contribution in [3.63, 3.8) is 0 Å². The molecule has 3 N–H and O–H groups in total. The van der Waals surface area contributed by atoms with Crippen molar-refractivity contribution in [3.8, 4) is 5.75 Å². The Labute approximate surface area is 121 Å². The predicted molar refractivity (Wildman–Crippen MR) is 73.1 cm³/mol. The number of amides is 1. The van der Waals surface area contributed by atoms with Gasteiger partial charge in [-0.3, -0.25) is 9.59 Å². The average molecular weight is 295 g/mol. The molecule has 0 radical (unpaired) electrons. The molecule has 7 nitrogen and oxygen atoms in total. The van der Waals surface area contributed by atoms with E-state index >= 15 is 0 Å². The Bertz CT molecular complexity index is 511. The van der Waals surface area contributed by atoms with E-state index in [1.54, 1.807) is 12.1 Å². The van der Waals surface area contributed by atoms with Crippen LogP contribution in [0.2, 0.25) is 0 Å². The van der Waals surface area contributed by atoms with E-state index in [9.17, 15) is 14.4 Å². The van der Waals surface area contributed by atoms with Gasteiger partial charge in [0.25, 0.3) is 0 Å². The molecule has 21 heavy (non-hydrogen) atoms. The van der Waals surface area contributed by atoms with Gasteiger partial charge in [-0.1, -0.05) is 17.7 Å². The Kier molecular flexibility index (Phi) is 6.19. The van der Waals surface area contributed by atoms with Gasteiger partial charge in [-0.05, 0) is 19.1 Å². The van der Waals surface area contributed by atoms with Gasteiger partial charge >= 0.3 is 11.9 Å². The molecule has 1 unspecified atom stereocenters. The normalized spacial score (nSPS) is 11.5. The maximum absolute atomic E-state index is 11.5. The first-order chi connectivity index (χ1) is 9.88. The van der Waals surface area contributed by atoms with E-state index in [0.29, 0.717) is 5.75 Å².